The van der Waals surface area contributed by atoms with E-state index in [9.17, 15) is 18.0 Å². The predicted molar refractivity (Wildman–Crippen MR) is 128 cm³/mol. The number of carbonyl (C=O) groups is 2. The SMILES string of the molecule is C[n+]1ccc2c(c1)SC(C(=O)N1CCN(S(=O)(=O)c3cc4cc(Cl)ccc4[nH]3)CC1C(N)=O)N2.[I-]. The zero-order valence-electron chi connectivity index (χ0n) is 18.4. The molecule has 4 heterocycles. The predicted octanol–water partition coefficient (Wildman–Crippen LogP) is -2.12. The molecule has 186 valence electrons. The maximum atomic E-state index is 13.3. The number of aryl methyl sites for hydroxylation is 1. The van der Waals surface area contributed by atoms with Crippen molar-refractivity contribution in [3.05, 3.63) is 47.7 Å². The number of H-pyrrole nitrogens is 1. The molecule has 2 aliphatic rings. The third-order valence-corrected chi connectivity index (χ3v) is 9.11. The van der Waals surface area contributed by atoms with Crippen molar-refractivity contribution in [2.45, 2.75) is 21.3 Å². The number of halogens is 2. The molecule has 0 spiro atoms. The molecule has 0 saturated carbocycles. The lowest BCUT2D eigenvalue weighted by Gasteiger charge is -2.39. The Morgan fingerprint density at radius 1 is 1.23 bits per heavy atom. The second-order valence-electron chi connectivity index (χ2n) is 8.21. The lowest BCUT2D eigenvalue weighted by Crippen LogP contribution is -3.00. The van der Waals surface area contributed by atoms with Crippen molar-refractivity contribution in [3.8, 4) is 0 Å². The summed E-state index contributed by atoms with van der Waals surface area (Å²) >= 11 is 7.36. The number of thioether (sulfide) groups is 1. The molecule has 3 aromatic rings. The highest BCUT2D eigenvalue weighted by atomic mass is 127. The molecule has 1 aromatic carbocycles. The first-order valence-electron chi connectivity index (χ1n) is 10.4. The van der Waals surface area contributed by atoms with Gasteiger partial charge in [0.2, 0.25) is 5.91 Å². The molecule has 0 radical (unpaired) electrons. The highest BCUT2D eigenvalue weighted by Gasteiger charge is 2.43. The Bertz CT molecular complexity index is 1430. The van der Waals surface area contributed by atoms with E-state index in [4.69, 9.17) is 17.3 Å². The summed E-state index contributed by atoms with van der Waals surface area (Å²) in [5.41, 5.74) is 7.07. The monoisotopic (exact) mass is 648 g/mol. The highest BCUT2D eigenvalue weighted by molar-refractivity contribution is 8.01. The topological polar surface area (TPSA) is 132 Å². The molecule has 14 heteroatoms. The smallest absolute Gasteiger partial charge is 0.258 e. The minimum atomic E-state index is -3.95. The van der Waals surface area contributed by atoms with Crippen LogP contribution >= 0.6 is 23.4 Å². The van der Waals surface area contributed by atoms with Gasteiger partial charge in [-0.3, -0.25) is 9.59 Å². The van der Waals surface area contributed by atoms with E-state index < -0.39 is 27.3 Å². The molecule has 10 nitrogen and oxygen atoms in total. The van der Waals surface area contributed by atoms with Gasteiger partial charge in [0.25, 0.3) is 15.9 Å². The van der Waals surface area contributed by atoms with Crippen molar-refractivity contribution in [1.82, 2.24) is 14.2 Å². The molecule has 1 saturated heterocycles. The number of rotatable bonds is 4. The number of hydrogen-bond acceptors (Lipinski definition) is 6. The number of nitrogens with one attached hydrogen (secondary N) is 2. The van der Waals surface area contributed by atoms with Crippen LogP contribution in [-0.2, 0) is 26.7 Å². The summed E-state index contributed by atoms with van der Waals surface area (Å²) < 4.78 is 29.7. The van der Waals surface area contributed by atoms with Gasteiger partial charge < -0.3 is 44.9 Å². The zero-order chi connectivity index (χ0) is 24.2. The Morgan fingerprint density at radius 3 is 2.74 bits per heavy atom. The van der Waals surface area contributed by atoms with Crippen LogP contribution in [-0.4, -0.2) is 65.5 Å². The number of nitrogens with two attached hydrogens (primary N) is 1. The van der Waals surface area contributed by atoms with Gasteiger partial charge in [0, 0.05) is 41.6 Å². The minimum Gasteiger partial charge on any atom is -1.00 e. The Morgan fingerprint density at radius 2 is 2.00 bits per heavy atom. The molecule has 5 rings (SSSR count). The quantitative estimate of drug-likeness (QED) is 0.219. The van der Waals surface area contributed by atoms with Crippen LogP contribution < -0.4 is 39.6 Å². The summed E-state index contributed by atoms with van der Waals surface area (Å²) in [5.74, 6) is -1.08. The molecule has 2 unspecified atom stereocenters. The summed E-state index contributed by atoms with van der Waals surface area (Å²) in [6.45, 7) is -0.146. The summed E-state index contributed by atoms with van der Waals surface area (Å²) in [7, 11) is -2.07. The molecule has 0 aliphatic carbocycles. The molecule has 2 aliphatic heterocycles. The van der Waals surface area contributed by atoms with Gasteiger partial charge in [0.15, 0.2) is 17.8 Å². The van der Waals surface area contributed by atoms with Crippen molar-refractivity contribution >= 4 is 61.8 Å². The Labute approximate surface area is 228 Å². The van der Waals surface area contributed by atoms with E-state index in [1.807, 2.05) is 30.1 Å². The maximum absolute atomic E-state index is 13.3. The minimum absolute atomic E-state index is 0. The van der Waals surface area contributed by atoms with Crippen LogP contribution in [0.15, 0.2) is 52.6 Å². The number of carbonyl (C=O) groups excluding carboxylic acids is 2. The average molecular weight is 649 g/mol. The Hall–Kier alpha value is -2.07. The van der Waals surface area contributed by atoms with Crippen molar-refractivity contribution < 1.29 is 46.6 Å². The molecule has 2 amide bonds. The van der Waals surface area contributed by atoms with Gasteiger partial charge in [-0.25, -0.2) is 13.0 Å². The van der Waals surface area contributed by atoms with Gasteiger partial charge >= 0.3 is 0 Å². The lowest BCUT2D eigenvalue weighted by molar-refractivity contribution is -0.673. The van der Waals surface area contributed by atoms with E-state index >= 15 is 0 Å². The third-order valence-electron chi connectivity index (χ3n) is 5.95. The van der Waals surface area contributed by atoms with Crippen LogP contribution in [0.2, 0.25) is 5.02 Å². The van der Waals surface area contributed by atoms with E-state index in [1.54, 1.807) is 18.2 Å². The number of hydrogen-bond donors (Lipinski definition) is 3. The average Bonchev–Trinajstić information content (AvgIpc) is 3.42. The van der Waals surface area contributed by atoms with Crippen LogP contribution in [0.25, 0.3) is 10.9 Å². The van der Waals surface area contributed by atoms with Gasteiger partial charge in [0.05, 0.1) is 10.6 Å². The van der Waals surface area contributed by atoms with Gasteiger partial charge in [-0.2, -0.15) is 4.31 Å². The summed E-state index contributed by atoms with van der Waals surface area (Å²) in [6, 6.07) is 7.32. The first-order valence-corrected chi connectivity index (χ1v) is 13.1. The van der Waals surface area contributed by atoms with E-state index in [-0.39, 0.29) is 54.5 Å². The number of piperazine rings is 1. The molecule has 2 aromatic heterocycles. The molecular weight excluding hydrogens is 627 g/mol. The van der Waals surface area contributed by atoms with E-state index in [1.165, 1.54) is 27.0 Å². The van der Waals surface area contributed by atoms with Crippen molar-refractivity contribution in [1.29, 1.82) is 0 Å². The van der Waals surface area contributed by atoms with Crippen LogP contribution in [0, 0.1) is 0 Å². The number of pyridine rings is 1. The number of nitrogens with zero attached hydrogens (tertiary/aromatic N) is 3. The van der Waals surface area contributed by atoms with Gasteiger partial charge in [-0.15, -0.1) is 0 Å². The zero-order valence-corrected chi connectivity index (χ0v) is 23.0. The Balaban J connectivity index is 0.00000289. The first-order chi connectivity index (χ1) is 16.1. The lowest BCUT2D eigenvalue weighted by atomic mass is 10.1. The third kappa shape index (κ3) is 4.83. The summed E-state index contributed by atoms with van der Waals surface area (Å²) in [6.07, 6.45) is 3.77. The normalized spacial score (nSPS) is 20.2. The van der Waals surface area contributed by atoms with E-state index in [0.717, 1.165) is 10.6 Å². The van der Waals surface area contributed by atoms with Crippen LogP contribution in [0.5, 0.6) is 0 Å². The number of anilines is 1. The first kappa shape index (κ1) is 26.0. The highest BCUT2D eigenvalue weighted by Crippen LogP contribution is 2.38. The van der Waals surface area contributed by atoms with Crippen molar-refractivity contribution in [2.75, 3.05) is 25.0 Å². The van der Waals surface area contributed by atoms with Crippen molar-refractivity contribution in [2.24, 2.45) is 12.8 Å². The fraction of sp³-hybridized carbons (Fsp3) is 0.286. The molecule has 4 N–H and O–H groups in total. The van der Waals surface area contributed by atoms with Crippen LogP contribution in [0.1, 0.15) is 0 Å². The fourth-order valence-electron chi connectivity index (χ4n) is 4.18. The number of primary amides is 1. The number of aromatic nitrogens is 2. The number of benzene rings is 1. The second kappa shape index (κ2) is 9.76. The van der Waals surface area contributed by atoms with Gasteiger partial charge in [-0.1, -0.05) is 23.4 Å². The summed E-state index contributed by atoms with van der Waals surface area (Å²) in [5, 5.41) is 3.68. The number of fused-ring (bicyclic) bond motifs is 2. The maximum Gasteiger partial charge on any atom is 0.258 e. The Kier molecular flexibility index (Phi) is 7.26. The largest absolute Gasteiger partial charge is 1.00 e. The van der Waals surface area contributed by atoms with E-state index in [0.29, 0.717) is 15.9 Å². The second-order valence-corrected chi connectivity index (χ2v) is 11.7. The summed E-state index contributed by atoms with van der Waals surface area (Å²) in [4.78, 5) is 30.8. The number of sulfonamides is 1. The van der Waals surface area contributed by atoms with Crippen molar-refractivity contribution in [3.63, 3.8) is 0 Å². The molecular formula is C21H22ClIN6O4S2. The standard InChI is InChI=1S/C21H21ClN6O4S2.HI/c1-26-5-4-15-17(11-26)33-20(25-15)21(30)28-7-6-27(10-16(28)19(23)29)34(31,32)18-9-12-8-13(22)2-3-14(12)24-18;/h2-5,8-9,11,16,20,24H,6-7,10H2,1H3,(H2,23,29);1H. The van der Waals surface area contributed by atoms with E-state index in [2.05, 4.69) is 10.3 Å². The molecule has 0 bridgehead atoms. The molecule has 1 fully saturated rings. The van der Waals surface area contributed by atoms with Gasteiger partial charge in [0.1, 0.15) is 18.1 Å². The van der Waals surface area contributed by atoms with Crippen LogP contribution in [0.4, 0.5) is 5.69 Å². The number of amides is 2. The van der Waals surface area contributed by atoms with Crippen LogP contribution in [0.3, 0.4) is 0 Å². The fourth-order valence-corrected chi connectivity index (χ4v) is 6.97. The molecule has 2 atom stereocenters. The molecule has 35 heavy (non-hydrogen) atoms. The number of aromatic amines is 1. The van der Waals surface area contributed by atoms with Gasteiger partial charge in [-0.05, 0) is 24.3 Å².